The molecule has 0 bridgehead atoms. The zero-order valence-electron chi connectivity index (χ0n) is 23.9. The van der Waals surface area contributed by atoms with Crippen molar-refractivity contribution in [3.8, 4) is 35.1 Å². The minimum absolute atomic E-state index is 0.109. The number of aliphatic hydroxyl groups is 1. The lowest BCUT2D eigenvalue weighted by Gasteiger charge is -2.21. The number of nitrogens with zero attached hydrogens (tertiary/aromatic N) is 3. The Morgan fingerprint density at radius 2 is 1.93 bits per heavy atom. The van der Waals surface area contributed by atoms with Crippen LogP contribution in [0.3, 0.4) is 0 Å². The zero-order valence-corrected chi connectivity index (χ0v) is 28.5. The molecule has 0 aliphatic heterocycles. The minimum atomic E-state index is -0.633. The van der Waals surface area contributed by atoms with Gasteiger partial charge < -0.3 is 14.6 Å². The molecule has 0 saturated heterocycles. The quantitative estimate of drug-likeness (QED) is 0.0776. The monoisotopic (exact) mass is 791 g/mol. The van der Waals surface area contributed by atoms with E-state index in [1.807, 2.05) is 38.1 Å². The van der Waals surface area contributed by atoms with Crippen molar-refractivity contribution in [2.75, 3.05) is 13.2 Å². The highest BCUT2D eigenvalue weighted by molar-refractivity contribution is 14.2. The lowest BCUT2D eigenvalue weighted by atomic mass is 9.96. The molecule has 11 heteroatoms. The van der Waals surface area contributed by atoms with E-state index >= 15 is 8.78 Å². The van der Waals surface area contributed by atoms with Crippen molar-refractivity contribution in [3.05, 3.63) is 100 Å². The number of aliphatic hydroxyl groups excluding tert-OH is 1. The Balaban J connectivity index is 1.44. The van der Waals surface area contributed by atoms with Crippen molar-refractivity contribution in [2.24, 2.45) is 5.41 Å². The summed E-state index contributed by atoms with van der Waals surface area (Å²) in [4.78, 5) is 0. The second kappa shape index (κ2) is 14.0. The first-order valence-electron chi connectivity index (χ1n) is 13.7. The molecule has 5 rings (SSSR count). The standard InChI is InChI=1S/C33H29BrF2IN3O3S/c1-4-33(2,3)20-42-15-12-30(21-6-5-7-22(34)16-21)39-13-11-29(38-39)25-17-23(8-9-27(25)35)43-32-26(19-41)24-10-14-40(44-37)31(24)18-28(32)36/h1,5-11,13-14,16-18,30,41H,12,15,19-20H2,2-3H3. The van der Waals surface area contributed by atoms with Gasteiger partial charge in [-0.25, -0.2) is 8.78 Å². The van der Waals surface area contributed by atoms with E-state index in [9.17, 15) is 5.11 Å². The van der Waals surface area contributed by atoms with Crippen LogP contribution in [0.4, 0.5) is 8.78 Å². The summed E-state index contributed by atoms with van der Waals surface area (Å²) < 4.78 is 46.8. The molecular formula is C33H29BrF2IN3O3S. The number of ether oxygens (including phenoxy) is 2. The highest BCUT2D eigenvalue weighted by Gasteiger charge is 2.21. The Morgan fingerprint density at radius 1 is 1.11 bits per heavy atom. The number of terminal acetylenes is 1. The SMILES string of the molecule is C#CC(C)(C)COCCC(c1cccc(Br)c1)n1ccc(-c2cc(Oc3c(F)cc4c(ccn4SI)c3CO)ccc2F)n1. The summed E-state index contributed by atoms with van der Waals surface area (Å²) >= 11 is 5.65. The molecular weight excluding hydrogens is 763 g/mol. The maximum Gasteiger partial charge on any atom is 0.169 e. The fraction of sp³-hybridized carbons (Fsp3) is 0.242. The molecule has 1 unspecified atom stereocenters. The van der Waals surface area contributed by atoms with Gasteiger partial charge in [0.05, 0.1) is 30.5 Å². The predicted octanol–water partition coefficient (Wildman–Crippen LogP) is 9.33. The summed E-state index contributed by atoms with van der Waals surface area (Å²) in [7, 11) is 1.38. The van der Waals surface area contributed by atoms with Crippen LogP contribution in [-0.4, -0.2) is 32.1 Å². The maximum atomic E-state index is 15.3. The van der Waals surface area contributed by atoms with Crippen molar-refractivity contribution in [3.63, 3.8) is 0 Å². The van der Waals surface area contributed by atoms with Crippen LogP contribution < -0.4 is 4.74 Å². The zero-order chi connectivity index (χ0) is 31.4. The average molecular weight is 792 g/mol. The lowest BCUT2D eigenvalue weighted by Crippen LogP contribution is -2.19. The molecule has 6 nitrogen and oxygen atoms in total. The first-order valence-corrected chi connectivity index (χ1v) is 17.8. The molecule has 1 atom stereocenters. The summed E-state index contributed by atoms with van der Waals surface area (Å²) in [6, 6.07) is 16.8. The van der Waals surface area contributed by atoms with Gasteiger partial charge in [0.15, 0.2) is 11.6 Å². The molecule has 0 aliphatic rings. The summed E-state index contributed by atoms with van der Waals surface area (Å²) in [5.41, 5.74) is 2.14. The Bertz CT molecular complexity index is 1840. The fourth-order valence-corrected chi connectivity index (χ4v) is 6.65. The van der Waals surface area contributed by atoms with E-state index in [0.29, 0.717) is 41.8 Å². The van der Waals surface area contributed by atoms with E-state index < -0.39 is 18.2 Å². The molecule has 0 spiro atoms. The topological polar surface area (TPSA) is 61.4 Å². The number of halogens is 4. The third-order valence-corrected chi connectivity index (χ3v) is 9.42. The van der Waals surface area contributed by atoms with Crippen molar-refractivity contribution in [2.45, 2.75) is 32.9 Å². The molecule has 0 amide bonds. The van der Waals surface area contributed by atoms with Crippen LogP contribution in [0, 0.1) is 29.4 Å². The summed E-state index contributed by atoms with van der Waals surface area (Å²) in [5.74, 6) is 1.70. The van der Waals surface area contributed by atoms with Crippen LogP contribution >= 0.6 is 46.3 Å². The summed E-state index contributed by atoms with van der Waals surface area (Å²) in [5, 5.41) is 15.5. The van der Waals surface area contributed by atoms with E-state index in [1.54, 1.807) is 33.2 Å². The second-order valence-electron chi connectivity index (χ2n) is 10.8. The van der Waals surface area contributed by atoms with Crippen LogP contribution in [0.1, 0.15) is 37.4 Å². The van der Waals surface area contributed by atoms with Gasteiger partial charge in [-0.05, 0) is 68.3 Å². The van der Waals surface area contributed by atoms with Crippen LogP contribution in [0.25, 0.3) is 22.2 Å². The molecule has 2 aromatic heterocycles. The first kappa shape index (κ1) is 32.5. The highest BCUT2D eigenvalue weighted by Crippen LogP contribution is 2.38. The normalized spacial score (nSPS) is 12.4. The summed E-state index contributed by atoms with van der Waals surface area (Å²) in [6.07, 6.45) is 9.80. The largest absolute Gasteiger partial charge is 0.454 e. The molecule has 0 saturated carbocycles. The van der Waals surface area contributed by atoms with Gasteiger partial charge in [0, 0.05) is 81.8 Å². The van der Waals surface area contributed by atoms with Gasteiger partial charge in [-0.3, -0.25) is 8.65 Å². The number of aromatic nitrogens is 3. The van der Waals surface area contributed by atoms with E-state index in [-0.39, 0.29) is 28.5 Å². The third-order valence-electron chi connectivity index (χ3n) is 7.19. The van der Waals surface area contributed by atoms with Gasteiger partial charge in [-0.1, -0.05) is 34.0 Å². The van der Waals surface area contributed by atoms with Crippen LogP contribution in [-0.2, 0) is 11.3 Å². The van der Waals surface area contributed by atoms with Crippen LogP contribution in [0.5, 0.6) is 11.5 Å². The molecule has 0 aliphatic carbocycles. The van der Waals surface area contributed by atoms with Gasteiger partial charge in [-0.2, -0.15) is 5.10 Å². The molecule has 2 heterocycles. The van der Waals surface area contributed by atoms with Crippen molar-refractivity contribution in [1.29, 1.82) is 0 Å². The Labute approximate surface area is 279 Å². The molecule has 5 aromatic rings. The molecule has 228 valence electrons. The van der Waals surface area contributed by atoms with Crippen molar-refractivity contribution < 1.29 is 23.4 Å². The Hall–Kier alpha value is -2.89. The number of hydrogen-bond donors (Lipinski definition) is 1. The first-order chi connectivity index (χ1) is 21.1. The predicted molar refractivity (Wildman–Crippen MR) is 183 cm³/mol. The van der Waals surface area contributed by atoms with Crippen molar-refractivity contribution >= 4 is 57.2 Å². The van der Waals surface area contributed by atoms with E-state index in [1.165, 1.54) is 33.4 Å². The van der Waals surface area contributed by atoms with E-state index in [2.05, 4.69) is 43.1 Å². The fourth-order valence-electron chi connectivity index (χ4n) is 4.87. The van der Waals surface area contributed by atoms with Gasteiger partial charge in [0.2, 0.25) is 0 Å². The van der Waals surface area contributed by atoms with E-state index in [0.717, 1.165) is 10.0 Å². The van der Waals surface area contributed by atoms with Crippen LogP contribution in [0.15, 0.2) is 77.5 Å². The van der Waals surface area contributed by atoms with Gasteiger partial charge >= 0.3 is 0 Å². The smallest absolute Gasteiger partial charge is 0.169 e. The van der Waals surface area contributed by atoms with E-state index in [4.69, 9.17) is 21.0 Å². The number of fused-ring (bicyclic) bond motifs is 1. The molecule has 1 N–H and O–H groups in total. The molecule has 3 aromatic carbocycles. The third kappa shape index (κ3) is 7.15. The molecule has 44 heavy (non-hydrogen) atoms. The van der Waals surface area contributed by atoms with Crippen LogP contribution in [0.2, 0.25) is 0 Å². The maximum absolute atomic E-state index is 15.3. The molecule has 0 radical (unpaired) electrons. The summed E-state index contributed by atoms with van der Waals surface area (Å²) in [6.45, 7) is 4.33. The highest BCUT2D eigenvalue weighted by atomic mass is 127. The Morgan fingerprint density at radius 3 is 2.66 bits per heavy atom. The minimum Gasteiger partial charge on any atom is -0.454 e. The number of hydrogen-bond acceptors (Lipinski definition) is 5. The van der Waals surface area contributed by atoms with Gasteiger partial charge in [0.1, 0.15) is 11.6 Å². The lowest BCUT2D eigenvalue weighted by molar-refractivity contribution is 0.0798. The van der Waals surface area contributed by atoms with Gasteiger partial charge in [-0.15, -0.1) is 6.42 Å². The second-order valence-corrected chi connectivity index (χ2v) is 13.5. The molecule has 0 fully saturated rings. The number of rotatable bonds is 12. The van der Waals surface area contributed by atoms with Crippen molar-refractivity contribution in [1.82, 2.24) is 13.8 Å². The van der Waals surface area contributed by atoms with Gasteiger partial charge in [0.25, 0.3) is 0 Å². The number of benzene rings is 3. The Kier molecular flexibility index (Phi) is 10.4. The average Bonchev–Trinajstić information content (AvgIpc) is 3.65.